The fourth-order valence-corrected chi connectivity index (χ4v) is 6.59. The van der Waals surface area contributed by atoms with Crippen LogP contribution in [0.4, 0.5) is 15.2 Å². The van der Waals surface area contributed by atoms with E-state index in [-0.39, 0.29) is 17.1 Å². The Morgan fingerprint density at radius 1 is 1.05 bits per heavy atom. The lowest BCUT2D eigenvalue weighted by molar-refractivity contribution is 0.0375. The first-order valence-corrected chi connectivity index (χ1v) is 15.3. The van der Waals surface area contributed by atoms with E-state index in [4.69, 9.17) is 9.15 Å². The predicted octanol–water partition coefficient (Wildman–Crippen LogP) is 6.93. The molecule has 220 valence electrons. The van der Waals surface area contributed by atoms with E-state index in [1.54, 1.807) is 24.6 Å². The highest BCUT2D eigenvalue weighted by Crippen LogP contribution is 2.43. The van der Waals surface area contributed by atoms with Crippen molar-refractivity contribution in [1.29, 1.82) is 0 Å². The molecule has 2 aliphatic heterocycles. The van der Waals surface area contributed by atoms with Crippen molar-refractivity contribution in [3.8, 4) is 5.75 Å². The molecule has 1 spiro atoms. The molecule has 2 aromatic carbocycles. The van der Waals surface area contributed by atoms with E-state index in [0.717, 1.165) is 49.7 Å². The number of benzene rings is 2. The Morgan fingerprint density at radius 2 is 1.81 bits per heavy atom. The highest BCUT2D eigenvalue weighted by molar-refractivity contribution is 7.17. The molecule has 1 fully saturated rings. The largest absolute Gasteiger partial charge is 0.482 e. The number of hydrogen-bond acceptors (Lipinski definition) is 7. The summed E-state index contributed by atoms with van der Waals surface area (Å²) >= 11 is 1.38. The van der Waals surface area contributed by atoms with E-state index in [1.165, 1.54) is 28.5 Å². The highest BCUT2D eigenvalue weighted by atomic mass is 32.1. The molecule has 42 heavy (non-hydrogen) atoms. The van der Waals surface area contributed by atoms with E-state index >= 15 is 4.39 Å². The molecule has 4 aromatic rings. The van der Waals surface area contributed by atoms with Crippen molar-refractivity contribution < 1.29 is 18.3 Å². The monoisotopic (exact) mass is 588 g/mol. The Bertz CT molecular complexity index is 1520. The van der Waals surface area contributed by atoms with E-state index < -0.39 is 5.60 Å². The number of thiazole rings is 1. The maximum Gasteiger partial charge on any atom is 0.263 e. The van der Waals surface area contributed by atoms with E-state index in [9.17, 15) is 4.79 Å². The van der Waals surface area contributed by atoms with Crippen molar-refractivity contribution in [2.75, 3.05) is 29.4 Å². The van der Waals surface area contributed by atoms with Crippen LogP contribution in [0.3, 0.4) is 0 Å². The summed E-state index contributed by atoms with van der Waals surface area (Å²) in [5.74, 6) is 0.553. The van der Waals surface area contributed by atoms with Crippen LogP contribution in [-0.4, -0.2) is 36.1 Å². The topological polar surface area (TPSA) is 70.8 Å². The third-order valence-electron chi connectivity index (χ3n) is 8.30. The Labute approximate surface area is 250 Å². The summed E-state index contributed by atoms with van der Waals surface area (Å²) in [6.45, 7) is 9.88. The second kappa shape index (κ2) is 11.4. The smallest absolute Gasteiger partial charge is 0.263 e. The van der Waals surface area contributed by atoms with Crippen LogP contribution in [0.15, 0.2) is 71.5 Å². The van der Waals surface area contributed by atoms with Gasteiger partial charge in [0.05, 0.1) is 24.7 Å². The van der Waals surface area contributed by atoms with Crippen LogP contribution in [0.5, 0.6) is 5.75 Å². The van der Waals surface area contributed by atoms with Crippen molar-refractivity contribution in [1.82, 2.24) is 10.3 Å². The van der Waals surface area contributed by atoms with Crippen LogP contribution in [0.2, 0.25) is 0 Å². The van der Waals surface area contributed by atoms with Crippen LogP contribution in [0.25, 0.3) is 0 Å². The summed E-state index contributed by atoms with van der Waals surface area (Å²) in [4.78, 5) is 22.2. The number of aromatic nitrogens is 1. The molecule has 1 amide bonds. The highest BCUT2D eigenvalue weighted by Gasteiger charge is 2.41. The first kappa shape index (κ1) is 28.3. The van der Waals surface area contributed by atoms with Crippen LogP contribution >= 0.6 is 11.3 Å². The number of ether oxygens (including phenoxy) is 1. The molecular weight excluding hydrogens is 551 g/mol. The number of piperidine rings is 1. The Hall–Kier alpha value is -3.85. The minimum absolute atomic E-state index is 0.0962. The van der Waals surface area contributed by atoms with Gasteiger partial charge in [-0.1, -0.05) is 62.4 Å². The van der Waals surface area contributed by atoms with Gasteiger partial charge in [-0.15, -0.1) is 0 Å². The normalized spacial score (nSPS) is 16.6. The van der Waals surface area contributed by atoms with Crippen LogP contribution in [-0.2, 0) is 18.5 Å². The third-order valence-corrected chi connectivity index (χ3v) is 9.36. The maximum absolute atomic E-state index is 15.2. The van der Waals surface area contributed by atoms with E-state index in [2.05, 4.69) is 65.1 Å². The zero-order valence-electron chi connectivity index (χ0n) is 24.4. The molecule has 0 unspecified atom stereocenters. The number of nitrogens with zero attached hydrogens (tertiary/aromatic N) is 3. The molecule has 7 nitrogen and oxygen atoms in total. The van der Waals surface area contributed by atoms with Crippen molar-refractivity contribution in [3.63, 3.8) is 0 Å². The van der Waals surface area contributed by atoms with E-state index in [0.29, 0.717) is 29.5 Å². The summed E-state index contributed by atoms with van der Waals surface area (Å²) in [5, 5.41) is 3.69. The Morgan fingerprint density at radius 3 is 2.52 bits per heavy atom. The molecule has 6 rings (SSSR count). The van der Waals surface area contributed by atoms with Crippen molar-refractivity contribution in [2.45, 2.75) is 64.1 Å². The van der Waals surface area contributed by atoms with Crippen LogP contribution in [0, 0.1) is 5.82 Å². The first-order chi connectivity index (χ1) is 20.2. The quantitative estimate of drug-likeness (QED) is 0.263. The lowest BCUT2D eigenvalue weighted by Gasteiger charge is -2.41. The molecule has 2 aliphatic rings. The van der Waals surface area contributed by atoms with Gasteiger partial charge >= 0.3 is 0 Å². The molecule has 4 heterocycles. The number of para-hydroxylation sites is 1. The van der Waals surface area contributed by atoms with Gasteiger partial charge in [0.25, 0.3) is 5.91 Å². The number of rotatable bonds is 6. The number of anilines is 2. The molecule has 0 atom stereocenters. The van der Waals surface area contributed by atoms with Gasteiger partial charge in [-0.25, -0.2) is 9.37 Å². The summed E-state index contributed by atoms with van der Waals surface area (Å²) in [6, 6.07) is 17.6. The molecule has 0 bridgehead atoms. The van der Waals surface area contributed by atoms with E-state index in [1.807, 2.05) is 12.1 Å². The number of carbonyl (C=O) groups excluding carboxylic acids is 1. The van der Waals surface area contributed by atoms with Crippen molar-refractivity contribution in [2.24, 2.45) is 0 Å². The minimum Gasteiger partial charge on any atom is -0.482 e. The lowest BCUT2D eigenvalue weighted by atomic mass is 9.86. The van der Waals surface area contributed by atoms with Gasteiger partial charge in [-0.2, -0.15) is 0 Å². The molecule has 2 aromatic heterocycles. The zero-order valence-corrected chi connectivity index (χ0v) is 25.2. The summed E-state index contributed by atoms with van der Waals surface area (Å²) < 4.78 is 27.1. The number of fused-ring (bicyclic) bond motifs is 1. The second-order valence-electron chi connectivity index (χ2n) is 12.2. The number of nitrogens with one attached hydrogen (secondary N) is 1. The summed E-state index contributed by atoms with van der Waals surface area (Å²) in [5.41, 5.74) is 2.93. The fraction of sp³-hybridized carbons (Fsp3) is 0.394. The Kier molecular flexibility index (Phi) is 7.70. The predicted molar refractivity (Wildman–Crippen MR) is 164 cm³/mol. The molecule has 9 heteroatoms. The number of hydrogen-bond donors (Lipinski definition) is 1. The lowest BCUT2D eigenvalue weighted by Crippen LogP contribution is -2.48. The van der Waals surface area contributed by atoms with Crippen molar-refractivity contribution in [3.05, 3.63) is 94.6 Å². The van der Waals surface area contributed by atoms with Crippen molar-refractivity contribution >= 4 is 28.1 Å². The number of carbonyl (C=O) groups is 1. The average molecular weight is 589 g/mol. The molecule has 0 radical (unpaired) electrons. The molecule has 0 aliphatic carbocycles. The molecule has 1 saturated heterocycles. The molecule has 0 saturated carbocycles. The SMILES string of the molecule is CC(C)(C)c1ccc(CN2CCC3(CCN(c4ncc(C(=O)NCc5ccco5)s4)CC3)Oc3c(F)cccc32)cc1. The standard InChI is InChI=1S/C33H37FN4O3S/c1-32(2,3)24-11-9-23(10-12-24)22-38-18-15-33(41-29-26(34)7-4-8-27(29)38)13-16-37(17-14-33)31-36-21-28(42-31)30(39)35-20-25-6-5-19-40-25/h4-12,19,21H,13-18,20,22H2,1-3H3,(H,35,39). The van der Waals surface area contributed by atoms with Gasteiger partial charge in [0.1, 0.15) is 16.2 Å². The van der Waals surface area contributed by atoms with Gasteiger partial charge in [0.15, 0.2) is 16.7 Å². The number of amides is 1. The van der Waals surface area contributed by atoms with Gasteiger partial charge in [0.2, 0.25) is 0 Å². The number of halogens is 1. The molecular formula is C33H37FN4O3S. The van der Waals surface area contributed by atoms with Crippen LogP contribution in [0.1, 0.15) is 66.6 Å². The van der Waals surface area contributed by atoms with Gasteiger partial charge in [-0.05, 0) is 40.8 Å². The number of furan rings is 1. The molecule has 1 N–H and O–H groups in total. The fourth-order valence-electron chi connectivity index (χ4n) is 5.71. The third kappa shape index (κ3) is 6.02. The summed E-state index contributed by atoms with van der Waals surface area (Å²) in [7, 11) is 0. The van der Waals surface area contributed by atoms with Crippen LogP contribution < -0.4 is 19.9 Å². The van der Waals surface area contributed by atoms with Gasteiger partial charge < -0.3 is 24.3 Å². The van der Waals surface area contributed by atoms with Gasteiger partial charge in [-0.3, -0.25) is 4.79 Å². The minimum atomic E-state index is -0.460. The van der Waals surface area contributed by atoms with Gasteiger partial charge in [0, 0.05) is 45.4 Å². The zero-order chi connectivity index (χ0) is 29.3. The maximum atomic E-state index is 15.2. The summed E-state index contributed by atoms with van der Waals surface area (Å²) in [6.07, 6.45) is 5.50. The Balaban J connectivity index is 1.13. The second-order valence-corrected chi connectivity index (χ2v) is 13.3. The average Bonchev–Trinajstić information content (AvgIpc) is 3.66. The first-order valence-electron chi connectivity index (χ1n) is 14.5.